The van der Waals surface area contributed by atoms with E-state index in [1.165, 1.54) is 4.90 Å². The molecule has 1 atom stereocenters. The maximum Gasteiger partial charge on any atom is 0.244 e. The summed E-state index contributed by atoms with van der Waals surface area (Å²) in [5, 5.41) is 2.88. The van der Waals surface area contributed by atoms with Crippen molar-refractivity contribution in [1.82, 2.24) is 10.2 Å². The maximum absolute atomic E-state index is 13.6. The van der Waals surface area contributed by atoms with Crippen LogP contribution in [0, 0.1) is 13.8 Å². The Hall–Kier alpha value is -2.87. The molecular weight excluding hydrogens is 438 g/mol. The SMILES string of the molecule is CCCNC(=O)[C@@H](CC)N(Cc1ccccc1C)C(=O)CN(c1ccc(C)cc1)S(C)(=O)=O. The molecule has 0 aromatic heterocycles. The van der Waals surface area contributed by atoms with Crippen molar-refractivity contribution < 1.29 is 18.0 Å². The van der Waals surface area contributed by atoms with Crippen molar-refractivity contribution in [2.24, 2.45) is 0 Å². The molecule has 8 heteroatoms. The third-order valence-electron chi connectivity index (χ3n) is 5.54. The van der Waals surface area contributed by atoms with Gasteiger partial charge in [-0.05, 0) is 49.9 Å². The van der Waals surface area contributed by atoms with Crippen molar-refractivity contribution in [3.8, 4) is 0 Å². The van der Waals surface area contributed by atoms with Crippen LogP contribution in [-0.4, -0.2) is 50.5 Å². The predicted molar refractivity (Wildman–Crippen MR) is 132 cm³/mol. The van der Waals surface area contributed by atoms with E-state index in [0.717, 1.165) is 33.7 Å². The van der Waals surface area contributed by atoms with Crippen LogP contribution in [0.25, 0.3) is 0 Å². The molecule has 0 fully saturated rings. The van der Waals surface area contributed by atoms with E-state index in [1.54, 1.807) is 24.3 Å². The van der Waals surface area contributed by atoms with Crippen LogP contribution in [0.15, 0.2) is 48.5 Å². The molecule has 7 nitrogen and oxygen atoms in total. The summed E-state index contributed by atoms with van der Waals surface area (Å²) in [6, 6.07) is 13.9. The van der Waals surface area contributed by atoms with Gasteiger partial charge in [0.25, 0.3) is 0 Å². The fourth-order valence-electron chi connectivity index (χ4n) is 3.58. The van der Waals surface area contributed by atoms with E-state index in [4.69, 9.17) is 0 Å². The normalized spacial score (nSPS) is 12.2. The minimum Gasteiger partial charge on any atom is -0.354 e. The molecule has 0 heterocycles. The van der Waals surface area contributed by atoms with E-state index in [0.29, 0.717) is 18.7 Å². The van der Waals surface area contributed by atoms with Gasteiger partial charge in [0.15, 0.2) is 0 Å². The fourth-order valence-corrected chi connectivity index (χ4v) is 4.43. The largest absolute Gasteiger partial charge is 0.354 e. The first-order chi connectivity index (χ1) is 15.6. The summed E-state index contributed by atoms with van der Waals surface area (Å²) in [4.78, 5) is 28.0. The van der Waals surface area contributed by atoms with Crippen LogP contribution in [0.4, 0.5) is 5.69 Å². The lowest BCUT2D eigenvalue weighted by Crippen LogP contribution is -2.52. The topological polar surface area (TPSA) is 86.8 Å². The number of carbonyl (C=O) groups excluding carboxylic acids is 2. The number of hydrogen-bond donors (Lipinski definition) is 1. The number of benzene rings is 2. The summed E-state index contributed by atoms with van der Waals surface area (Å²) in [6.45, 7) is 8.02. The number of amides is 2. The molecule has 2 aromatic rings. The van der Waals surface area contributed by atoms with Gasteiger partial charge >= 0.3 is 0 Å². The van der Waals surface area contributed by atoms with Gasteiger partial charge < -0.3 is 10.2 Å². The molecule has 180 valence electrons. The van der Waals surface area contributed by atoms with Gasteiger partial charge in [0.05, 0.1) is 11.9 Å². The van der Waals surface area contributed by atoms with Gasteiger partial charge in [-0.15, -0.1) is 0 Å². The second-order valence-electron chi connectivity index (χ2n) is 8.27. The van der Waals surface area contributed by atoms with Gasteiger partial charge in [0.1, 0.15) is 12.6 Å². The van der Waals surface area contributed by atoms with Crippen LogP contribution in [0.3, 0.4) is 0 Å². The number of aryl methyl sites for hydroxylation is 2. The zero-order valence-corrected chi connectivity index (χ0v) is 21.0. The van der Waals surface area contributed by atoms with Crippen molar-refractivity contribution in [2.45, 2.75) is 53.1 Å². The molecule has 0 saturated heterocycles. The molecule has 2 rings (SSSR count). The number of hydrogen-bond acceptors (Lipinski definition) is 4. The molecule has 0 unspecified atom stereocenters. The summed E-state index contributed by atoms with van der Waals surface area (Å²) in [6.07, 6.45) is 2.27. The molecule has 0 aliphatic rings. The zero-order chi connectivity index (χ0) is 24.6. The summed E-state index contributed by atoms with van der Waals surface area (Å²) in [5.41, 5.74) is 3.31. The quantitative estimate of drug-likeness (QED) is 0.542. The smallest absolute Gasteiger partial charge is 0.244 e. The van der Waals surface area contributed by atoms with Crippen molar-refractivity contribution in [2.75, 3.05) is 23.7 Å². The first-order valence-electron chi connectivity index (χ1n) is 11.2. The van der Waals surface area contributed by atoms with Crippen LogP contribution in [-0.2, 0) is 26.2 Å². The highest BCUT2D eigenvalue weighted by Gasteiger charge is 2.31. The molecular formula is C25H35N3O4S. The van der Waals surface area contributed by atoms with Crippen molar-refractivity contribution in [3.05, 3.63) is 65.2 Å². The molecule has 2 aromatic carbocycles. The molecule has 33 heavy (non-hydrogen) atoms. The average Bonchev–Trinajstić information content (AvgIpc) is 2.77. The second-order valence-corrected chi connectivity index (χ2v) is 10.2. The summed E-state index contributed by atoms with van der Waals surface area (Å²) >= 11 is 0. The molecule has 0 aliphatic heterocycles. The Morgan fingerprint density at radius 3 is 2.18 bits per heavy atom. The first kappa shape index (κ1) is 26.4. The Labute approximate surface area is 197 Å². The van der Waals surface area contributed by atoms with Gasteiger partial charge in [0, 0.05) is 13.1 Å². The van der Waals surface area contributed by atoms with Crippen molar-refractivity contribution in [1.29, 1.82) is 0 Å². The van der Waals surface area contributed by atoms with Crippen molar-refractivity contribution in [3.63, 3.8) is 0 Å². The Balaban J connectivity index is 2.42. The molecule has 0 radical (unpaired) electrons. The van der Waals surface area contributed by atoms with Crippen molar-refractivity contribution >= 4 is 27.5 Å². The Morgan fingerprint density at radius 2 is 1.64 bits per heavy atom. The minimum absolute atomic E-state index is 0.217. The third-order valence-corrected chi connectivity index (χ3v) is 6.68. The van der Waals surface area contributed by atoms with E-state index in [2.05, 4.69) is 5.32 Å². The van der Waals surface area contributed by atoms with Crippen LogP contribution >= 0.6 is 0 Å². The van der Waals surface area contributed by atoms with E-state index < -0.39 is 22.0 Å². The molecule has 2 amide bonds. The lowest BCUT2D eigenvalue weighted by Gasteiger charge is -2.33. The monoisotopic (exact) mass is 473 g/mol. The number of nitrogens with one attached hydrogen (secondary N) is 1. The average molecular weight is 474 g/mol. The number of anilines is 1. The predicted octanol–water partition coefficient (Wildman–Crippen LogP) is 3.40. The van der Waals surface area contributed by atoms with Crippen LogP contribution < -0.4 is 9.62 Å². The summed E-state index contributed by atoms with van der Waals surface area (Å²) < 4.78 is 26.2. The van der Waals surface area contributed by atoms with E-state index in [1.807, 2.05) is 52.0 Å². The minimum atomic E-state index is -3.72. The van der Waals surface area contributed by atoms with Gasteiger partial charge in [-0.25, -0.2) is 8.42 Å². The molecule has 0 spiro atoms. The highest BCUT2D eigenvalue weighted by atomic mass is 32.2. The van der Waals surface area contributed by atoms with E-state index in [-0.39, 0.29) is 19.0 Å². The number of carbonyl (C=O) groups is 2. The zero-order valence-electron chi connectivity index (χ0n) is 20.2. The standard InChI is InChI=1S/C25H35N3O4S/c1-6-16-26-25(30)23(7-2)27(17-21-11-9-8-10-20(21)4)24(29)18-28(33(5,31)32)22-14-12-19(3)13-15-22/h8-15,23H,6-7,16-18H2,1-5H3,(H,26,30)/t23-/m1/s1. The second kappa shape index (κ2) is 11.8. The number of rotatable bonds is 11. The molecule has 0 saturated carbocycles. The van der Waals surface area contributed by atoms with E-state index in [9.17, 15) is 18.0 Å². The van der Waals surface area contributed by atoms with Gasteiger partial charge in [-0.1, -0.05) is 55.8 Å². The van der Waals surface area contributed by atoms with Gasteiger partial charge in [-0.3, -0.25) is 13.9 Å². The number of sulfonamides is 1. The summed E-state index contributed by atoms with van der Waals surface area (Å²) in [7, 11) is -3.72. The molecule has 0 bridgehead atoms. The Morgan fingerprint density at radius 1 is 1.00 bits per heavy atom. The molecule has 1 N–H and O–H groups in total. The fraction of sp³-hybridized carbons (Fsp3) is 0.440. The third kappa shape index (κ3) is 7.32. The van der Waals surface area contributed by atoms with Crippen LogP contribution in [0.1, 0.15) is 43.4 Å². The van der Waals surface area contributed by atoms with Crippen LogP contribution in [0.2, 0.25) is 0 Å². The highest BCUT2D eigenvalue weighted by molar-refractivity contribution is 7.92. The van der Waals surface area contributed by atoms with Gasteiger partial charge in [0.2, 0.25) is 21.8 Å². The lowest BCUT2D eigenvalue weighted by molar-refractivity contribution is -0.140. The number of nitrogens with zero attached hydrogens (tertiary/aromatic N) is 2. The van der Waals surface area contributed by atoms with Crippen LogP contribution in [0.5, 0.6) is 0 Å². The van der Waals surface area contributed by atoms with E-state index >= 15 is 0 Å². The Kier molecular flexibility index (Phi) is 9.46. The van der Waals surface area contributed by atoms with Gasteiger partial charge in [-0.2, -0.15) is 0 Å². The Bertz CT molecular complexity index is 1050. The molecule has 0 aliphatic carbocycles. The lowest BCUT2D eigenvalue weighted by atomic mass is 10.1. The maximum atomic E-state index is 13.6. The highest BCUT2D eigenvalue weighted by Crippen LogP contribution is 2.21. The first-order valence-corrected chi connectivity index (χ1v) is 13.1. The summed E-state index contributed by atoms with van der Waals surface area (Å²) in [5.74, 6) is -0.662.